The Bertz CT molecular complexity index is 1520. The fourth-order valence-electron chi connectivity index (χ4n) is 3.61. The van der Waals surface area contributed by atoms with Gasteiger partial charge in [0, 0.05) is 23.5 Å². The van der Waals surface area contributed by atoms with Crippen LogP contribution in [-0.2, 0) is 0 Å². The maximum atomic E-state index is 12.7. The first-order valence-corrected chi connectivity index (χ1v) is 11.1. The summed E-state index contributed by atoms with van der Waals surface area (Å²) in [6, 6.07) is 16.7. The van der Waals surface area contributed by atoms with Crippen LogP contribution >= 0.6 is 0 Å². The Morgan fingerprint density at radius 3 is 2.64 bits per heavy atom. The van der Waals surface area contributed by atoms with Gasteiger partial charge in [0.05, 0.1) is 37.1 Å². The van der Waals surface area contributed by atoms with E-state index in [0.717, 1.165) is 28.1 Å². The molecule has 0 atom stereocenters. The predicted octanol–water partition coefficient (Wildman–Crippen LogP) is 4.75. The van der Waals surface area contributed by atoms with Crippen molar-refractivity contribution in [2.45, 2.75) is 13.8 Å². The molecule has 3 heterocycles. The number of amides is 1. The zero-order valence-electron chi connectivity index (χ0n) is 19.9. The average Bonchev–Trinajstić information content (AvgIpc) is 3.56. The van der Waals surface area contributed by atoms with Crippen molar-refractivity contribution in [1.82, 2.24) is 29.8 Å². The van der Waals surface area contributed by atoms with E-state index in [1.54, 1.807) is 59.5 Å². The Morgan fingerprint density at radius 1 is 1.00 bits per heavy atom. The molecular formula is C26H23N7O3. The topological polar surface area (TPSA) is 109 Å². The number of anilines is 1. The Hall–Kier alpha value is -4.99. The maximum Gasteiger partial charge on any atom is 0.418 e. The summed E-state index contributed by atoms with van der Waals surface area (Å²) < 4.78 is 14.0. The number of benzene rings is 2. The molecule has 2 aromatic carbocycles. The molecule has 0 fully saturated rings. The fourth-order valence-corrected chi connectivity index (χ4v) is 3.61. The maximum absolute atomic E-state index is 12.7. The van der Waals surface area contributed by atoms with Gasteiger partial charge in [0.25, 0.3) is 0 Å². The number of methoxy groups -OCH3 is 1. The van der Waals surface area contributed by atoms with Gasteiger partial charge in [-0.3, -0.25) is 10.3 Å². The standard InChI is InChI=1S/C26H23N7O3/c1-17-4-8-21(9-5-17)33-25(10-11-28-33)36-26(34)29-20-7-6-18(2)24(13-20)32-16-23(30-31-32)19-12-22(35-3)15-27-14-19/h4-16H,1-3H3,(H,29,34). The second kappa shape index (κ2) is 9.71. The molecule has 10 nitrogen and oxygen atoms in total. The lowest BCUT2D eigenvalue weighted by Gasteiger charge is -2.11. The van der Waals surface area contributed by atoms with Crippen LogP contribution in [0.5, 0.6) is 11.6 Å². The molecule has 1 N–H and O–H groups in total. The first-order valence-electron chi connectivity index (χ1n) is 11.1. The SMILES string of the molecule is COc1cncc(-c2cn(-c3cc(NC(=O)Oc4ccnn4-c4ccc(C)cc4)ccc3C)nn2)c1. The summed E-state index contributed by atoms with van der Waals surface area (Å²) in [5, 5.41) is 15.5. The number of pyridine rings is 1. The molecule has 0 aliphatic rings. The van der Waals surface area contributed by atoms with Crippen molar-refractivity contribution in [1.29, 1.82) is 0 Å². The molecule has 0 radical (unpaired) electrons. The van der Waals surface area contributed by atoms with Gasteiger partial charge in [-0.2, -0.15) is 5.10 Å². The van der Waals surface area contributed by atoms with Crippen LogP contribution in [0, 0.1) is 13.8 Å². The third-order valence-corrected chi connectivity index (χ3v) is 5.52. The molecule has 0 spiro atoms. The summed E-state index contributed by atoms with van der Waals surface area (Å²) in [4.78, 5) is 16.8. The minimum atomic E-state index is -0.639. The molecule has 0 aliphatic heterocycles. The Kier molecular flexibility index (Phi) is 6.14. The summed E-state index contributed by atoms with van der Waals surface area (Å²) in [5.41, 5.74) is 5.59. The largest absolute Gasteiger partial charge is 0.495 e. The van der Waals surface area contributed by atoms with Crippen LogP contribution in [0.15, 0.2) is 79.4 Å². The summed E-state index contributed by atoms with van der Waals surface area (Å²) in [6.07, 6.45) is 6.05. The lowest BCUT2D eigenvalue weighted by molar-refractivity contribution is 0.212. The summed E-state index contributed by atoms with van der Waals surface area (Å²) in [7, 11) is 1.58. The van der Waals surface area contributed by atoms with E-state index in [4.69, 9.17) is 9.47 Å². The highest BCUT2D eigenvalue weighted by atomic mass is 16.6. The van der Waals surface area contributed by atoms with Gasteiger partial charge in [0.15, 0.2) is 0 Å². The van der Waals surface area contributed by atoms with Crippen molar-refractivity contribution in [2.24, 2.45) is 0 Å². The highest BCUT2D eigenvalue weighted by Gasteiger charge is 2.14. The monoisotopic (exact) mass is 481 g/mol. The summed E-state index contributed by atoms with van der Waals surface area (Å²) in [5.74, 6) is 0.933. The minimum Gasteiger partial charge on any atom is -0.495 e. The molecule has 0 saturated heterocycles. The van der Waals surface area contributed by atoms with Crippen molar-refractivity contribution in [3.63, 3.8) is 0 Å². The number of carbonyl (C=O) groups excluding carboxylic acids is 1. The van der Waals surface area contributed by atoms with Crippen LogP contribution < -0.4 is 14.8 Å². The molecule has 0 unspecified atom stereocenters. The van der Waals surface area contributed by atoms with E-state index in [1.165, 1.54) is 0 Å². The van der Waals surface area contributed by atoms with Gasteiger partial charge in [0.1, 0.15) is 11.4 Å². The number of carbonyl (C=O) groups is 1. The molecule has 0 saturated carbocycles. The van der Waals surface area contributed by atoms with E-state index in [9.17, 15) is 4.79 Å². The Morgan fingerprint density at radius 2 is 1.83 bits per heavy atom. The first-order chi connectivity index (χ1) is 17.5. The van der Waals surface area contributed by atoms with Gasteiger partial charge in [-0.1, -0.05) is 29.0 Å². The molecule has 5 aromatic rings. The van der Waals surface area contributed by atoms with Crippen LogP contribution in [0.25, 0.3) is 22.6 Å². The van der Waals surface area contributed by atoms with Gasteiger partial charge in [-0.15, -0.1) is 5.10 Å². The highest BCUT2D eigenvalue weighted by Crippen LogP contribution is 2.24. The second-order valence-corrected chi connectivity index (χ2v) is 8.09. The van der Waals surface area contributed by atoms with Crippen LogP contribution in [0.4, 0.5) is 10.5 Å². The molecule has 10 heteroatoms. The summed E-state index contributed by atoms with van der Waals surface area (Å²) >= 11 is 0. The zero-order chi connectivity index (χ0) is 25.1. The minimum absolute atomic E-state index is 0.302. The Balaban J connectivity index is 1.33. The number of nitrogens with one attached hydrogen (secondary N) is 1. The van der Waals surface area contributed by atoms with E-state index in [-0.39, 0.29) is 0 Å². The predicted molar refractivity (Wildman–Crippen MR) is 134 cm³/mol. The van der Waals surface area contributed by atoms with Crippen LogP contribution in [0.1, 0.15) is 11.1 Å². The third kappa shape index (κ3) is 4.78. The number of hydrogen-bond donors (Lipinski definition) is 1. The molecule has 3 aromatic heterocycles. The number of hydrogen-bond acceptors (Lipinski definition) is 7. The van der Waals surface area contributed by atoms with Crippen LogP contribution in [0.2, 0.25) is 0 Å². The van der Waals surface area contributed by atoms with Crippen molar-refractivity contribution >= 4 is 11.8 Å². The molecular weight excluding hydrogens is 458 g/mol. The molecule has 1 amide bonds. The lowest BCUT2D eigenvalue weighted by atomic mass is 10.1. The van der Waals surface area contributed by atoms with E-state index >= 15 is 0 Å². The summed E-state index contributed by atoms with van der Waals surface area (Å²) in [6.45, 7) is 3.95. The fraction of sp³-hybridized carbons (Fsp3) is 0.115. The van der Waals surface area contributed by atoms with Gasteiger partial charge >= 0.3 is 6.09 Å². The quantitative estimate of drug-likeness (QED) is 0.373. The second-order valence-electron chi connectivity index (χ2n) is 8.09. The van der Waals surface area contributed by atoms with Gasteiger partial charge < -0.3 is 9.47 Å². The number of aromatic nitrogens is 6. The van der Waals surface area contributed by atoms with Crippen molar-refractivity contribution < 1.29 is 14.3 Å². The van der Waals surface area contributed by atoms with E-state index in [2.05, 4.69) is 25.7 Å². The Labute approximate surface area is 207 Å². The number of ether oxygens (including phenoxy) is 2. The van der Waals surface area contributed by atoms with Crippen LogP contribution in [-0.4, -0.2) is 43.0 Å². The van der Waals surface area contributed by atoms with Gasteiger partial charge in [0.2, 0.25) is 5.88 Å². The molecule has 0 aliphatic carbocycles. The molecule has 36 heavy (non-hydrogen) atoms. The molecule has 0 bridgehead atoms. The highest BCUT2D eigenvalue weighted by molar-refractivity contribution is 5.86. The van der Waals surface area contributed by atoms with Gasteiger partial charge in [-0.25, -0.2) is 14.2 Å². The van der Waals surface area contributed by atoms with E-state index < -0.39 is 6.09 Å². The lowest BCUT2D eigenvalue weighted by Crippen LogP contribution is -2.18. The van der Waals surface area contributed by atoms with Crippen molar-refractivity contribution in [3.05, 3.63) is 90.5 Å². The third-order valence-electron chi connectivity index (χ3n) is 5.52. The number of rotatable bonds is 6. The number of nitrogens with zero attached hydrogens (tertiary/aromatic N) is 6. The smallest absolute Gasteiger partial charge is 0.418 e. The molecule has 5 rings (SSSR count). The van der Waals surface area contributed by atoms with Gasteiger partial charge in [-0.05, 0) is 49.7 Å². The number of aryl methyl sites for hydroxylation is 2. The normalized spacial score (nSPS) is 10.8. The van der Waals surface area contributed by atoms with E-state index in [1.807, 2.05) is 50.2 Å². The van der Waals surface area contributed by atoms with E-state index in [0.29, 0.717) is 23.0 Å². The van der Waals surface area contributed by atoms with Crippen molar-refractivity contribution in [2.75, 3.05) is 12.4 Å². The zero-order valence-corrected chi connectivity index (χ0v) is 19.9. The van der Waals surface area contributed by atoms with Crippen LogP contribution in [0.3, 0.4) is 0 Å². The average molecular weight is 482 g/mol. The first kappa shape index (κ1) is 22.8. The molecule has 180 valence electrons. The van der Waals surface area contributed by atoms with Crippen molar-refractivity contribution in [3.8, 4) is 34.3 Å².